The molecule has 1 aliphatic rings. The zero-order valence-corrected chi connectivity index (χ0v) is 7.16. The number of carboxylic acid groups (broad SMARTS) is 1. The Morgan fingerprint density at radius 3 is 2.67 bits per heavy atom. The lowest BCUT2D eigenvalue weighted by Crippen LogP contribution is -2.38. The molecule has 2 atom stereocenters. The predicted molar refractivity (Wildman–Crippen MR) is 45.7 cm³/mol. The summed E-state index contributed by atoms with van der Waals surface area (Å²) in [5.41, 5.74) is 0. The molecule has 1 fully saturated rings. The van der Waals surface area contributed by atoms with Crippen LogP contribution in [0.5, 0.6) is 0 Å². The van der Waals surface area contributed by atoms with E-state index in [0.29, 0.717) is 6.42 Å². The largest absolute Gasteiger partial charge is 0.481 e. The van der Waals surface area contributed by atoms with Crippen molar-refractivity contribution in [2.24, 2.45) is 5.92 Å². The Morgan fingerprint density at radius 2 is 2.25 bits per heavy atom. The maximum atomic E-state index is 10.5. The van der Waals surface area contributed by atoms with Gasteiger partial charge in [-0.25, -0.2) is 0 Å². The van der Waals surface area contributed by atoms with E-state index >= 15 is 0 Å². The Kier molecular flexibility index (Phi) is 3.11. The maximum Gasteiger partial charge on any atom is 0.373 e. The van der Waals surface area contributed by atoms with Crippen molar-refractivity contribution in [1.29, 1.82) is 0 Å². The average Bonchev–Trinajstić information content (AvgIpc) is 2.34. The smallest absolute Gasteiger partial charge is 0.373 e. The van der Waals surface area contributed by atoms with Gasteiger partial charge in [-0.15, -0.1) is 0 Å². The minimum Gasteiger partial charge on any atom is -0.481 e. The summed E-state index contributed by atoms with van der Waals surface area (Å²) < 4.78 is 0. The van der Waals surface area contributed by atoms with E-state index in [4.69, 9.17) is 10.1 Å². The van der Waals surface area contributed by atoms with Crippen LogP contribution in [0.15, 0.2) is 0 Å². The first-order chi connectivity index (χ1) is 5.59. The summed E-state index contributed by atoms with van der Waals surface area (Å²) in [7, 11) is -0.539. The summed E-state index contributed by atoms with van der Waals surface area (Å²) in [5, 5.41) is 20.6. The van der Waals surface area contributed by atoms with Gasteiger partial charge in [0.2, 0.25) is 0 Å². The zero-order valence-electron chi connectivity index (χ0n) is 7.16. The van der Waals surface area contributed by atoms with E-state index in [1.54, 1.807) is 6.82 Å². The number of carbonyl (C=O) groups is 1. The highest BCUT2D eigenvalue weighted by Gasteiger charge is 2.30. The van der Waals surface area contributed by atoms with Gasteiger partial charge in [0, 0.05) is 0 Å². The summed E-state index contributed by atoms with van der Waals surface area (Å²) >= 11 is 0. The van der Waals surface area contributed by atoms with Gasteiger partial charge in [0.15, 0.2) is 0 Å². The van der Waals surface area contributed by atoms with E-state index in [1.165, 1.54) is 0 Å². The molecule has 0 spiro atoms. The number of hydrogen-bond acceptors (Lipinski definition) is 3. The molecule has 0 heterocycles. The Bertz CT molecular complexity index is 174. The van der Waals surface area contributed by atoms with Crippen molar-refractivity contribution in [2.75, 3.05) is 0 Å². The molecule has 0 bridgehead atoms. The minimum absolute atomic E-state index is 0.172. The Hall–Kier alpha value is -0.545. The highest BCUT2D eigenvalue weighted by molar-refractivity contribution is 6.45. The van der Waals surface area contributed by atoms with E-state index in [9.17, 15) is 4.79 Å². The van der Waals surface area contributed by atoms with E-state index < -0.39 is 13.0 Å². The Balaban J connectivity index is 2.30. The number of hydrogen-bond donors (Lipinski definition) is 3. The first-order valence-electron chi connectivity index (χ1n) is 4.26. The first kappa shape index (κ1) is 9.54. The third kappa shape index (κ3) is 2.50. The molecule has 1 saturated carbocycles. The molecule has 0 unspecified atom stereocenters. The molecule has 0 amide bonds. The molecule has 4 nitrogen and oxygen atoms in total. The van der Waals surface area contributed by atoms with Crippen LogP contribution in [0.4, 0.5) is 0 Å². The number of nitrogens with one attached hydrogen (secondary N) is 1. The van der Waals surface area contributed by atoms with Gasteiger partial charge in [-0.3, -0.25) is 4.79 Å². The summed E-state index contributed by atoms with van der Waals surface area (Å²) in [4.78, 5) is 10.5. The van der Waals surface area contributed by atoms with Crippen LogP contribution in [0.3, 0.4) is 0 Å². The first-order valence-corrected chi connectivity index (χ1v) is 4.26. The van der Waals surface area contributed by atoms with Crippen LogP contribution in [-0.2, 0) is 4.79 Å². The molecular weight excluding hydrogens is 157 g/mol. The molecule has 12 heavy (non-hydrogen) atoms. The molecule has 68 valence electrons. The van der Waals surface area contributed by atoms with E-state index in [0.717, 1.165) is 12.8 Å². The van der Waals surface area contributed by atoms with E-state index in [2.05, 4.69) is 5.23 Å². The second-order valence-corrected chi connectivity index (χ2v) is 3.39. The topological polar surface area (TPSA) is 69.6 Å². The molecule has 5 heteroatoms. The molecule has 0 saturated heterocycles. The van der Waals surface area contributed by atoms with Gasteiger partial charge in [0.1, 0.15) is 0 Å². The molecule has 0 aromatic heterocycles. The monoisotopic (exact) mass is 171 g/mol. The van der Waals surface area contributed by atoms with Gasteiger partial charge >= 0.3 is 13.0 Å². The predicted octanol–water partition coefficient (Wildman–Crippen LogP) is -0.0604. The van der Waals surface area contributed by atoms with Crippen molar-refractivity contribution in [3.63, 3.8) is 0 Å². The molecule has 1 aliphatic carbocycles. The number of aliphatic carboxylic acids is 1. The lowest BCUT2D eigenvalue weighted by molar-refractivity contribution is -0.141. The molecule has 0 aliphatic heterocycles. The Labute approximate surface area is 72.1 Å². The summed E-state index contributed by atoms with van der Waals surface area (Å²) in [5.74, 6) is -0.939. The van der Waals surface area contributed by atoms with Gasteiger partial charge in [0.05, 0.1) is 5.92 Å². The van der Waals surface area contributed by atoms with Crippen LogP contribution in [0.1, 0.15) is 19.3 Å². The Morgan fingerprint density at radius 1 is 1.58 bits per heavy atom. The second kappa shape index (κ2) is 3.91. The molecule has 0 radical (unpaired) electrons. The van der Waals surface area contributed by atoms with Crippen LogP contribution in [0, 0.1) is 5.92 Å². The average molecular weight is 171 g/mol. The lowest BCUT2D eigenvalue weighted by Gasteiger charge is -2.11. The number of carboxylic acids is 1. The van der Waals surface area contributed by atoms with Gasteiger partial charge in [-0.05, 0) is 32.1 Å². The van der Waals surface area contributed by atoms with Crippen LogP contribution in [-0.4, -0.2) is 29.2 Å². The van der Waals surface area contributed by atoms with Crippen molar-refractivity contribution in [1.82, 2.24) is 5.23 Å². The van der Waals surface area contributed by atoms with Crippen molar-refractivity contribution >= 4 is 13.0 Å². The molecule has 0 aromatic rings. The van der Waals surface area contributed by atoms with Crippen molar-refractivity contribution in [2.45, 2.75) is 32.1 Å². The van der Waals surface area contributed by atoms with Crippen LogP contribution < -0.4 is 5.23 Å². The van der Waals surface area contributed by atoms with Crippen LogP contribution in [0.2, 0.25) is 6.82 Å². The van der Waals surface area contributed by atoms with Gasteiger partial charge in [-0.2, -0.15) is 0 Å². The van der Waals surface area contributed by atoms with Gasteiger partial charge in [-0.1, -0.05) is 0 Å². The zero-order chi connectivity index (χ0) is 9.14. The SMILES string of the molecule is CB(O)N[C@H]1CC[C@@H](C(=O)O)C1. The van der Waals surface area contributed by atoms with E-state index in [-0.39, 0.29) is 12.0 Å². The normalized spacial score (nSPS) is 28.8. The second-order valence-electron chi connectivity index (χ2n) is 3.39. The summed E-state index contributed by atoms with van der Waals surface area (Å²) in [6, 6.07) is 0.172. The molecule has 0 aromatic carbocycles. The fourth-order valence-electron chi connectivity index (χ4n) is 1.70. The highest BCUT2D eigenvalue weighted by atomic mass is 16.4. The molecule has 3 N–H and O–H groups in total. The molecule has 1 rings (SSSR count). The van der Waals surface area contributed by atoms with Crippen molar-refractivity contribution in [3.8, 4) is 0 Å². The van der Waals surface area contributed by atoms with Crippen LogP contribution >= 0.6 is 0 Å². The third-order valence-corrected chi connectivity index (χ3v) is 2.26. The van der Waals surface area contributed by atoms with Gasteiger partial charge in [0.25, 0.3) is 0 Å². The highest BCUT2D eigenvalue weighted by Crippen LogP contribution is 2.25. The third-order valence-electron chi connectivity index (χ3n) is 2.26. The summed E-state index contributed by atoms with van der Waals surface area (Å²) in [6.45, 7) is 1.65. The summed E-state index contributed by atoms with van der Waals surface area (Å²) in [6.07, 6.45) is 2.21. The van der Waals surface area contributed by atoms with Crippen molar-refractivity contribution in [3.05, 3.63) is 0 Å². The van der Waals surface area contributed by atoms with E-state index in [1.807, 2.05) is 0 Å². The van der Waals surface area contributed by atoms with Gasteiger partial charge < -0.3 is 15.4 Å². The fraction of sp³-hybridized carbons (Fsp3) is 0.857. The van der Waals surface area contributed by atoms with Crippen molar-refractivity contribution < 1.29 is 14.9 Å². The lowest BCUT2D eigenvalue weighted by atomic mass is 9.87. The fourth-order valence-corrected chi connectivity index (χ4v) is 1.70. The standard InChI is InChI=1S/C7H14BNO3/c1-8(12)9-6-3-2-5(4-6)7(10)11/h5-6,9,12H,2-4H2,1H3,(H,10,11)/t5-,6+/m1/s1. The number of rotatable bonds is 3. The van der Waals surface area contributed by atoms with Crippen LogP contribution in [0.25, 0.3) is 0 Å². The molecular formula is C7H14BNO3. The maximum absolute atomic E-state index is 10.5. The quantitative estimate of drug-likeness (QED) is 0.520. The minimum atomic E-state index is -0.718.